The van der Waals surface area contributed by atoms with Crippen molar-refractivity contribution in [3.8, 4) is 0 Å². The number of nitrogens with zero attached hydrogens (tertiary/aromatic N) is 3. The van der Waals surface area contributed by atoms with Gasteiger partial charge in [0, 0.05) is 6.20 Å². The van der Waals surface area contributed by atoms with Crippen molar-refractivity contribution in [3.05, 3.63) is 17.5 Å². The number of cyclic esters (lactones) is 1. The molecule has 86 valence electrons. The van der Waals surface area contributed by atoms with Crippen molar-refractivity contribution >= 4 is 23.5 Å². The number of aromatic nitrogens is 2. The second-order valence-electron chi connectivity index (χ2n) is 3.94. The van der Waals surface area contributed by atoms with Crippen molar-refractivity contribution in [1.82, 2.24) is 9.97 Å². The SMILES string of the molecule is CC(C)C1COC(=O)N1c1ccnc(Cl)n1. The van der Waals surface area contributed by atoms with Gasteiger partial charge >= 0.3 is 6.09 Å². The molecule has 2 rings (SSSR count). The third-order valence-electron chi connectivity index (χ3n) is 2.53. The number of carbonyl (C=O) groups excluding carboxylic acids is 1. The highest BCUT2D eigenvalue weighted by atomic mass is 35.5. The van der Waals surface area contributed by atoms with Crippen LogP contribution in [0, 0.1) is 5.92 Å². The van der Waals surface area contributed by atoms with Crippen LogP contribution < -0.4 is 4.90 Å². The fourth-order valence-corrected chi connectivity index (χ4v) is 1.79. The van der Waals surface area contributed by atoms with Gasteiger partial charge in [-0.2, -0.15) is 0 Å². The van der Waals surface area contributed by atoms with E-state index < -0.39 is 0 Å². The van der Waals surface area contributed by atoms with Crippen molar-refractivity contribution in [2.24, 2.45) is 5.92 Å². The lowest BCUT2D eigenvalue weighted by Crippen LogP contribution is -2.37. The van der Waals surface area contributed by atoms with E-state index in [1.165, 1.54) is 11.1 Å². The molecule has 1 fully saturated rings. The largest absolute Gasteiger partial charge is 0.447 e. The number of ether oxygens (including phenoxy) is 1. The maximum Gasteiger partial charge on any atom is 0.415 e. The summed E-state index contributed by atoms with van der Waals surface area (Å²) in [6.07, 6.45) is 1.14. The van der Waals surface area contributed by atoms with Gasteiger partial charge in [-0.25, -0.2) is 14.8 Å². The van der Waals surface area contributed by atoms with Gasteiger partial charge in [0.15, 0.2) is 0 Å². The molecule has 1 amide bonds. The number of amides is 1. The van der Waals surface area contributed by atoms with E-state index in [0.717, 1.165) is 0 Å². The monoisotopic (exact) mass is 241 g/mol. The normalized spacial score (nSPS) is 20.4. The van der Waals surface area contributed by atoms with E-state index in [2.05, 4.69) is 9.97 Å². The molecular formula is C10H12ClN3O2. The van der Waals surface area contributed by atoms with Crippen LogP contribution >= 0.6 is 11.6 Å². The molecule has 2 heterocycles. The summed E-state index contributed by atoms with van der Waals surface area (Å²) in [7, 11) is 0. The van der Waals surface area contributed by atoms with Crippen molar-refractivity contribution in [3.63, 3.8) is 0 Å². The van der Waals surface area contributed by atoms with Crippen LogP contribution in [0.2, 0.25) is 5.28 Å². The molecule has 5 nitrogen and oxygen atoms in total. The first kappa shape index (κ1) is 11.1. The van der Waals surface area contributed by atoms with Crippen LogP contribution in [0.4, 0.5) is 10.6 Å². The Hall–Kier alpha value is -1.36. The van der Waals surface area contributed by atoms with E-state index in [-0.39, 0.29) is 17.4 Å². The Morgan fingerprint density at radius 1 is 1.62 bits per heavy atom. The van der Waals surface area contributed by atoms with Gasteiger partial charge < -0.3 is 4.74 Å². The van der Waals surface area contributed by atoms with Gasteiger partial charge in [-0.15, -0.1) is 0 Å². The quantitative estimate of drug-likeness (QED) is 0.745. The van der Waals surface area contributed by atoms with Crippen molar-refractivity contribution in [2.75, 3.05) is 11.5 Å². The fraction of sp³-hybridized carbons (Fsp3) is 0.500. The van der Waals surface area contributed by atoms with Gasteiger partial charge in [-0.05, 0) is 23.6 Å². The number of halogens is 1. The molecule has 1 saturated heterocycles. The molecule has 1 aliphatic heterocycles. The van der Waals surface area contributed by atoms with Crippen LogP contribution in [0.5, 0.6) is 0 Å². The maximum absolute atomic E-state index is 11.6. The summed E-state index contributed by atoms with van der Waals surface area (Å²) in [6.45, 7) is 4.45. The average Bonchev–Trinajstić information content (AvgIpc) is 2.60. The summed E-state index contributed by atoms with van der Waals surface area (Å²) in [5.41, 5.74) is 0. The molecule has 6 heteroatoms. The van der Waals surface area contributed by atoms with Gasteiger partial charge in [0.2, 0.25) is 5.28 Å². The summed E-state index contributed by atoms with van der Waals surface area (Å²) >= 11 is 5.70. The first-order valence-electron chi connectivity index (χ1n) is 5.04. The van der Waals surface area contributed by atoms with Gasteiger partial charge in [0.1, 0.15) is 12.4 Å². The molecular weight excluding hydrogens is 230 g/mol. The van der Waals surface area contributed by atoms with Crippen LogP contribution in [0.3, 0.4) is 0 Å². The predicted molar refractivity (Wildman–Crippen MR) is 59.5 cm³/mol. The molecule has 1 atom stereocenters. The minimum absolute atomic E-state index is 0.00142. The standard InChI is InChI=1S/C10H12ClN3O2/c1-6(2)7-5-16-10(15)14(7)8-3-4-12-9(11)13-8/h3-4,6-7H,5H2,1-2H3. The van der Waals surface area contributed by atoms with Gasteiger partial charge in [0.25, 0.3) is 0 Å². The lowest BCUT2D eigenvalue weighted by molar-refractivity contribution is 0.177. The molecule has 0 aliphatic carbocycles. The predicted octanol–water partition coefficient (Wildman–Crippen LogP) is 2.11. The van der Waals surface area contributed by atoms with Gasteiger partial charge in [-0.1, -0.05) is 13.8 Å². The van der Waals surface area contributed by atoms with Gasteiger partial charge in [-0.3, -0.25) is 4.90 Å². The number of hydrogen-bond donors (Lipinski definition) is 0. The Kier molecular flexibility index (Phi) is 2.96. The second kappa shape index (κ2) is 4.25. The highest BCUT2D eigenvalue weighted by Gasteiger charge is 2.36. The molecule has 0 spiro atoms. The number of anilines is 1. The summed E-state index contributed by atoms with van der Waals surface area (Å²) in [6, 6.07) is 1.65. The summed E-state index contributed by atoms with van der Waals surface area (Å²) in [5, 5.41) is 0.125. The summed E-state index contributed by atoms with van der Waals surface area (Å²) < 4.78 is 5.02. The third-order valence-corrected chi connectivity index (χ3v) is 2.72. The molecule has 1 aromatic heterocycles. The van der Waals surface area contributed by atoms with E-state index >= 15 is 0 Å². The molecule has 1 aliphatic rings. The summed E-state index contributed by atoms with van der Waals surface area (Å²) in [5.74, 6) is 0.779. The number of carbonyl (C=O) groups is 1. The minimum Gasteiger partial charge on any atom is -0.447 e. The molecule has 0 saturated carbocycles. The number of hydrogen-bond acceptors (Lipinski definition) is 4. The van der Waals surface area contributed by atoms with Crippen molar-refractivity contribution in [1.29, 1.82) is 0 Å². The first-order chi connectivity index (χ1) is 7.59. The number of rotatable bonds is 2. The highest BCUT2D eigenvalue weighted by Crippen LogP contribution is 2.25. The molecule has 0 aromatic carbocycles. The van der Waals surface area contributed by atoms with E-state index in [4.69, 9.17) is 16.3 Å². The zero-order valence-corrected chi connectivity index (χ0v) is 9.81. The highest BCUT2D eigenvalue weighted by molar-refractivity contribution is 6.28. The van der Waals surface area contributed by atoms with Crippen LogP contribution in [0.25, 0.3) is 0 Å². The molecule has 0 N–H and O–H groups in total. The lowest BCUT2D eigenvalue weighted by Gasteiger charge is -2.22. The van der Waals surface area contributed by atoms with Crippen molar-refractivity contribution in [2.45, 2.75) is 19.9 Å². The van der Waals surface area contributed by atoms with E-state index in [1.54, 1.807) is 6.07 Å². The Bertz CT molecular complexity index is 411. The Labute approximate surface area is 98.4 Å². The van der Waals surface area contributed by atoms with E-state index in [1.807, 2.05) is 13.8 Å². The minimum atomic E-state index is -0.381. The Morgan fingerprint density at radius 3 is 3.00 bits per heavy atom. The average molecular weight is 242 g/mol. The van der Waals surface area contributed by atoms with E-state index in [0.29, 0.717) is 18.3 Å². The molecule has 16 heavy (non-hydrogen) atoms. The summed E-state index contributed by atoms with van der Waals surface area (Å²) in [4.78, 5) is 20.9. The lowest BCUT2D eigenvalue weighted by atomic mass is 10.0. The molecule has 1 aromatic rings. The molecule has 0 radical (unpaired) electrons. The second-order valence-corrected chi connectivity index (χ2v) is 4.28. The Morgan fingerprint density at radius 2 is 2.38 bits per heavy atom. The van der Waals surface area contributed by atoms with Gasteiger partial charge in [0.05, 0.1) is 6.04 Å². The van der Waals surface area contributed by atoms with Crippen LogP contribution in [-0.2, 0) is 4.74 Å². The van der Waals surface area contributed by atoms with E-state index in [9.17, 15) is 4.79 Å². The Balaban J connectivity index is 2.33. The van der Waals surface area contributed by atoms with Crippen molar-refractivity contribution < 1.29 is 9.53 Å². The molecule has 0 bridgehead atoms. The topological polar surface area (TPSA) is 55.3 Å². The molecule has 1 unspecified atom stereocenters. The van der Waals surface area contributed by atoms with Crippen LogP contribution in [-0.4, -0.2) is 28.7 Å². The zero-order chi connectivity index (χ0) is 11.7. The van der Waals surface area contributed by atoms with Crippen LogP contribution in [0.1, 0.15) is 13.8 Å². The van der Waals surface area contributed by atoms with Crippen LogP contribution in [0.15, 0.2) is 12.3 Å². The third kappa shape index (κ3) is 1.95. The smallest absolute Gasteiger partial charge is 0.415 e. The fourth-order valence-electron chi connectivity index (χ4n) is 1.65. The maximum atomic E-state index is 11.6. The zero-order valence-electron chi connectivity index (χ0n) is 9.05. The first-order valence-corrected chi connectivity index (χ1v) is 5.42.